The number of unbranched alkanes of at least 4 members (excludes halogenated alkanes) is 1. The lowest BCUT2D eigenvalue weighted by Crippen LogP contribution is -2.02. The van der Waals surface area contributed by atoms with Crippen LogP contribution in [0, 0.1) is 5.92 Å². The number of rotatable bonds is 6. The Morgan fingerprint density at radius 3 is 2.53 bits per heavy atom. The van der Waals surface area contributed by atoms with E-state index >= 15 is 0 Å². The highest BCUT2D eigenvalue weighted by molar-refractivity contribution is 9.12. The van der Waals surface area contributed by atoms with Crippen molar-refractivity contribution in [2.75, 3.05) is 0 Å². The first-order valence-electron chi connectivity index (χ1n) is 5.61. The monoisotopic (exact) mass is 352 g/mol. The number of halogens is 2. The summed E-state index contributed by atoms with van der Waals surface area (Å²) >= 11 is 8.95. The van der Waals surface area contributed by atoms with Crippen LogP contribution < -0.4 is 0 Å². The Kier molecular flexibility index (Phi) is 6.48. The normalized spacial score (nSPS) is 13.1. The minimum absolute atomic E-state index is 0.850. The molecule has 0 N–H and O–H groups in total. The predicted molar refractivity (Wildman–Crippen MR) is 76.7 cm³/mol. The first-order valence-corrected chi connectivity index (χ1v) is 8.01. The third kappa shape index (κ3) is 4.58. The van der Waals surface area contributed by atoms with Crippen molar-refractivity contribution in [3.8, 4) is 0 Å². The molecule has 0 spiro atoms. The molecule has 1 atom stereocenters. The third-order valence-electron chi connectivity index (χ3n) is 2.78. The summed E-state index contributed by atoms with van der Waals surface area (Å²) < 4.78 is 2.53. The van der Waals surface area contributed by atoms with Crippen LogP contribution in [-0.4, -0.2) is 0 Å². The molecule has 0 fully saturated rings. The Morgan fingerprint density at radius 2 is 2.07 bits per heavy atom. The van der Waals surface area contributed by atoms with E-state index in [0.717, 1.165) is 5.92 Å². The Morgan fingerprint density at radius 1 is 1.33 bits per heavy atom. The van der Waals surface area contributed by atoms with Gasteiger partial charge in [0.15, 0.2) is 0 Å². The summed E-state index contributed by atoms with van der Waals surface area (Å²) in [5.41, 5.74) is 1.47. The fourth-order valence-electron chi connectivity index (χ4n) is 1.77. The minimum Gasteiger partial charge on any atom is -0.121 e. The van der Waals surface area contributed by atoms with Crippen LogP contribution in [0.25, 0.3) is 0 Å². The Labute approximate surface area is 114 Å². The second-order valence-corrected chi connectivity index (χ2v) is 7.72. The molecule has 0 amide bonds. The highest BCUT2D eigenvalue weighted by Crippen LogP contribution is 2.34. The van der Waals surface area contributed by atoms with Crippen molar-refractivity contribution < 1.29 is 0 Å². The van der Waals surface area contributed by atoms with E-state index in [0.29, 0.717) is 0 Å². The second-order valence-electron chi connectivity index (χ2n) is 3.97. The van der Waals surface area contributed by atoms with Gasteiger partial charge in [0.1, 0.15) is 0 Å². The zero-order valence-corrected chi connectivity index (χ0v) is 13.3. The number of hydrogen-bond acceptors (Lipinski definition) is 1. The molecule has 1 rings (SSSR count). The number of hydrogen-bond donors (Lipinski definition) is 0. The molecule has 0 nitrogen and oxygen atoms in total. The molecule has 1 aromatic heterocycles. The van der Waals surface area contributed by atoms with Gasteiger partial charge in [-0.25, -0.2) is 0 Å². The van der Waals surface area contributed by atoms with Gasteiger partial charge in [-0.1, -0.05) is 39.5 Å². The summed E-state index contributed by atoms with van der Waals surface area (Å²) in [6.07, 6.45) is 6.55. The van der Waals surface area contributed by atoms with Crippen molar-refractivity contribution in [2.24, 2.45) is 5.92 Å². The topological polar surface area (TPSA) is 0 Å². The summed E-state index contributed by atoms with van der Waals surface area (Å²) in [6, 6.07) is 2.25. The minimum atomic E-state index is 0.850. The largest absolute Gasteiger partial charge is 0.121 e. The van der Waals surface area contributed by atoms with Gasteiger partial charge in [0, 0.05) is 0 Å². The van der Waals surface area contributed by atoms with E-state index in [-0.39, 0.29) is 0 Å². The standard InChI is InChI=1S/C12H18Br2S/c1-3-5-6-9(4-2)7-10-8-11(13)15-12(10)14/h8-9H,3-7H2,1-2H3. The van der Waals surface area contributed by atoms with Gasteiger partial charge in [0.2, 0.25) is 0 Å². The molecule has 15 heavy (non-hydrogen) atoms. The van der Waals surface area contributed by atoms with Crippen LogP contribution in [0.3, 0.4) is 0 Å². The van der Waals surface area contributed by atoms with Crippen LogP contribution in [0.15, 0.2) is 13.6 Å². The van der Waals surface area contributed by atoms with Gasteiger partial charge in [0.25, 0.3) is 0 Å². The number of thiophene rings is 1. The van der Waals surface area contributed by atoms with Crippen molar-refractivity contribution in [1.29, 1.82) is 0 Å². The van der Waals surface area contributed by atoms with Crippen molar-refractivity contribution in [3.63, 3.8) is 0 Å². The van der Waals surface area contributed by atoms with E-state index in [2.05, 4.69) is 51.8 Å². The average molecular weight is 354 g/mol. The van der Waals surface area contributed by atoms with Gasteiger partial charge < -0.3 is 0 Å². The first-order chi connectivity index (χ1) is 7.17. The molecule has 86 valence electrons. The zero-order valence-electron chi connectivity index (χ0n) is 9.35. The summed E-state index contributed by atoms with van der Waals surface area (Å²) in [5, 5.41) is 0. The second kappa shape index (κ2) is 7.08. The molecule has 1 aromatic rings. The molecule has 0 saturated heterocycles. The fraction of sp³-hybridized carbons (Fsp3) is 0.667. The summed E-state index contributed by atoms with van der Waals surface area (Å²) in [4.78, 5) is 0. The maximum atomic E-state index is 3.63. The van der Waals surface area contributed by atoms with E-state index in [1.807, 2.05) is 0 Å². The SMILES string of the molecule is CCCCC(CC)Cc1cc(Br)sc1Br. The van der Waals surface area contributed by atoms with Gasteiger partial charge >= 0.3 is 0 Å². The van der Waals surface area contributed by atoms with Crippen molar-refractivity contribution >= 4 is 43.2 Å². The molecule has 1 unspecified atom stereocenters. The molecule has 0 saturated carbocycles. The molecule has 0 bridgehead atoms. The van der Waals surface area contributed by atoms with Gasteiger partial charge in [-0.05, 0) is 55.8 Å². The quantitative estimate of drug-likeness (QED) is 0.585. The van der Waals surface area contributed by atoms with Crippen molar-refractivity contribution in [3.05, 3.63) is 19.2 Å². The summed E-state index contributed by atoms with van der Waals surface area (Å²) in [5.74, 6) is 0.850. The lowest BCUT2D eigenvalue weighted by Gasteiger charge is -2.13. The van der Waals surface area contributed by atoms with E-state index in [4.69, 9.17) is 0 Å². The van der Waals surface area contributed by atoms with Crippen LogP contribution in [0.1, 0.15) is 45.1 Å². The molecule has 0 radical (unpaired) electrons. The lowest BCUT2D eigenvalue weighted by atomic mass is 9.93. The van der Waals surface area contributed by atoms with Crippen LogP contribution >= 0.6 is 43.2 Å². The zero-order chi connectivity index (χ0) is 11.3. The summed E-state index contributed by atoms with van der Waals surface area (Å²) in [6.45, 7) is 4.57. The van der Waals surface area contributed by atoms with Crippen LogP contribution in [0.5, 0.6) is 0 Å². The molecular formula is C12H18Br2S. The molecular weight excluding hydrogens is 336 g/mol. The van der Waals surface area contributed by atoms with Crippen LogP contribution in [-0.2, 0) is 6.42 Å². The molecule has 1 heterocycles. The van der Waals surface area contributed by atoms with E-state index in [9.17, 15) is 0 Å². The van der Waals surface area contributed by atoms with Gasteiger partial charge in [-0.3, -0.25) is 0 Å². The maximum absolute atomic E-state index is 3.63. The molecule has 3 heteroatoms. The summed E-state index contributed by atoms with van der Waals surface area (Å²) in [7, 11) is 0. The smallest absolute Gasteiger partial charge is 0.0742 e. The van der Waals surface area contributed by atoms with Gasteiger partial charge in [-0.2, -0.15) is 0 Å². The Bertz CT molecular complexity index is 294. The molecule has 0 aliphatic carbocycles. The fourth-order valence-corrected chi connectivity index (χ4v) is 4.63. The average Bonchev–Trinajstić information content (AvgIpc) is 2.52. The van der Waals surface area contributed by atoms with Gasteiger partial charge in [-0.15, -0.1) is 11.3 Å². The van der Waals surface area contributed by atoms with Crippen LogP contribution in [0.4, 0.5) is 0 Å². The third-order valence-corrected chi connectivity index (χ3v) is 5.24. The van der Waals surface area contributed by atoms with E-state index < -0.39 is 0 Å². The van der Waals surface area contributed by atoms with Crippen molar-refractivity contribution in [2.45, 2.75) is 46.0 Å². The highest BCUT2D eigenvalue weighted by Gasteiger charge is 2.11. The molecule has 0 aliphatic rings. The Hall–Kier alpha value is 0.660. The molecule has 0 aromatic carbocycles. The van der Waals surface area contributed by atoms with Crippen molar-refractivity contribution in [1.82, 2.24) is 0 Å². The van der Waals surface area contributed by atoms with Crippen LogP contribution in [0.2, 0.25) is 0 Å². The Balaban J connectivity index is 2.54. The predicted octanol–water partition coefficient (Wildman–Crippen LogP) is 6.03. The molecule has 0 aliphatic heterocycles. The first kappa shape index (κ1) is 13.7. The van der Waals surface area contributed by atoms with Gasteiger partial charge in [0.05, 0.1) is 7.57 Å². The maximum Gasteiger partial charge on any atom is 0.0742 e. The lowest BCUT2D eigenvalue weighted by molar-refractivity contribution is 0.449. The van der Waals surface area contributed by atoms with E-state index in [1.165, 1.54) is 45.2 Å². The van der Waals surface area contributed by atoms with E-state index in [1.54, 1.807) is 11.3 Å². The highest BCUT2D eigenvalue weighted by atomic mass is 79.9.